The van der Waals surface area contributed by atoms with Gasteiger partial charge in [0.1, 0.15) is 5.82 Å². The number of hydrogen-bond acceptors (Lipinski definition) is 3. The highest BCUT2D eigenvalue weighted by molar-refractivity contribution is 7.95. The Kier molecular flexibility index (Phi) is 6.16. The third-order valence-electron chi connectivity index (χ3n) is 3.79. The van der Waals surface area contributed by atoms with Crippen LogP contribution in [0.5, 0.6) is 0 Å². The topological polar surface area (TPSA) is 52.6 Å². The number of nitrogens with zero attached hydrogens (tertiary/aromatic N) is 2. The summed E-state index contributed by atoms with van der Waals surface area (Å²) in [5.74, 6) is -0.514. The molecule has 2 aromatic carbocycles. The lowest BCUT2D eigenvalue weighted by Gasteiger charge is -2.22. The highest BCUT2D eigenvalue weighted by atomic mass is 35.5. The van der Waals surface area contributed by atoms with E-state index in [1.807, 2.05) is 7.05 Å². The Bertz CT molecular complexity index is 864. The summed E-state index contributed by atoms with van der Waals surface area (Å²) in [5.41, 5.74) is 1.34. The minimum atomic E-state index is -3.82. The van der Waals surface area contributed by atoms with Crippen molar-refractivity contribution in [1.82, 2.24) is 5.32 Å². The number of hydrogen-bond donors (Lipinski definition) is 1. The van der Waals surface area contributed by atoms with Gasteiger partial charge in [0.15, 0.2) is 0 Å². The second-order valence-electron chi connectivity index (χ2n) is 5.39. The molecule has 5 nitrogen and oxygen atoms in total. The second kappa shape index (κ2) is 7.78. The fourth-order valence-corrected chi connectivity index (χ4v) is 4.80. The summed E-state index contributed by atoms with van der Waals surface area (Å²) in [6, 6.07) is 10.7. The third kappa shape index (κ3) is 3.55. The third-order valence-corrected chi connectivity index (χ3v) is 5.89. The molecule has 1 aliphatic rings. The number of anilines is 3. The van der Waals surface area contributed by atoms with E-state index in [4.69, 9.17) is 11.6 Å². The molecule has 0 fully saturated rings. The van der Waals surface area contributed by atoms with Gasteiger partial charge < -0.3 is 5.32 Å². The van der Waals surface area contributed by atoms with E-state index in [-0.39, 0.29) is 23.1 Å². The average molecular weight is 406 g/mol. The zero-order chi connectivity index (χ0) is 17.3. The van der Waals surface area contributed by atoms with Gasteiger partial charge in [-0.1, -0.05) is 23.7 Å². The van der Waals surface area contributed by atoms with Crippen molar-refractivity contribution >= 4 is 51.3 Å². The Morgan fingerprint density at radius 1 is 1.12 bits per heavy atom. The van der Waals surface area contributed by atoms with Crippen molar-refractivity contribution in [2.24, 2.45) is 0 Å². The number of rotatable bonds is 5. The molecule has 1 heterocycles. The van der Waals surface area contributed by atoms with Crippen LogP contribution in [0, 0.1) is 5.82 Å². The molecule has 0 saturated carbocycles. The van der Waals surface area contributed by atoms with E-state index in [0.29, 0.717) is 30.9 Å². The minimum Gasteiger partial charge on any atom is -0.320 e. The lowest BCUT2D eigenvalue weighted by atomic mass is 10.2. The van der Waals surface area contributed by atoms with Crippen molar-refractivity contribution < 1.29 is 12.8 Å². The van der Waals surface area contributed by atoms with E-state index >= 15 is 0 Å². The molecule has 0 spiro atoms. The largest absolute Gasteiger partial charge is 0.331 e. The molecular weight excluding hydrogens is 388 g/mol. The molecule has 0 atom stereocenters. The van der Waals surface area contributed by atoms with Gasteiger partial charge in [-0.15, -0.1) is 12.4 Å². The summed E-state index contributed by atoms with van der Waals surface area (Å²) >= 11 is 6.10. The number of benzene rings is 2. The Morgan fingerprint density at radius 3 is 2.44 bits per heavy atom. The number of halogens is 3. The lowest BCUT2D eigenvalue weighted by Crippen LogP contribution is -2.36. The predicted molar refractivity (Wildman–Crippen MR) is 102 cm³/mol. The van der Waals surface area contributed by atoms with Gasteiger partial charge in [0, 0.05) is 6.54 Å². The van der Waals surface area contributed by atoms with E-state index in [1.165, 1.54) is 20.7 Å². The van der Waals surface area contributed by atoms with E-state index in [2.05, 4.69) is 5.32 Å². The smallest absolute Gasteiger partial charge is 0.320 e. The van der Waals surface area contributed by atoms with Crippen LogP contribution in [0.2, 0.25) is 5.02 Å². The van der Waals surface area contributed by atoms with Gasteiger partial charge in [-0.3, -0.25) is 4.31 Å². The second-order valence-corrected chi connectivity index (χ2v) is 7.49. The van der Waals surface area contributed by atoms with Gasteiger partial charge in [0.25, 0.3) is 0 Å². The highest BCUT2D eigenvalue weighted by Gasteiger charge is 2.41. The first-order valence-corrected chi connectivity index (χ1v) is 9.26. The van der Waals surface area contributed by atoms with Gasteiger partial charge in [-0.2, -0.15) is 8.42 Å². The van der Waals surface area contributed by atoms with E-state index < -0.39 is 16.0 Å². The Balaban J connectivity index is 0.00000225. The molecular formula is C16H18Cl2FN3O2S. The first kappa shape index (κ1) is 19.8. The van der Waals surface area contributed by atoms with Crippen LogP contribution in [-0.2, 0) is 10.2 Å². The predicted octanol–water partition coefficient (Wildman–Crippen LogP) is 3.71. The molecule has 136 valence electrons. The Hall–Kier alpha value is -1.54. The first-order chi connectivity index (χ1) is 11.5. The van der Waals surface area contributed by atoms with E-state index in [9.17, 15) is 12.8 Å². The van der Waals surface area contributed by atoms with Crippen molar-refractivity contribution in [3.8, 4) is 0 Å². The molecule has 25 heavy (non-hydrogen) atoms. The summed E-state index contributed by atoms with van der Waals surface area (Å²) in [4.78, 5) is 0. The SMILES string of the molecule is CNCCCN1c2ccccc2N(c2ccc(F)cc2Cl)S1(=O)=O.Cl. The molecule has 1 aliphatic heterocycles. The van der Waals surface area contributed by atoms with Crippen molar-refractivity contribution in [1.29, 1.82) is 0 Å². The summed E-state index contributed by atoms with van der Waals surface area (Å²) in [5, 5.41) is 3.05. The molecule has 0 aromatic heterocycles. The number of fused-ring (bicyclic) bond motifs is 1. The van der Waals surface area contributed by atoms with Crippen molar-refractivity contribution in [3.05, 3.63) is 53.3 Å². The maximum absolute atomic E-state index is 13.3. The van der Waals surface area contributed by atoms with Crippen LogP contribution in [0.4, 0.5) is 21.5 Å². The summed E-state index contributed by atoms with van der Waals surface area (Å²) in [6.07, 6.45) is 0.662. The normalized spacial score (nSPS) is 15.0. The number of nitrogens with one attached hydrogen (secondary N) is 1. The molecule has 9 heteroatoms. The quantitative estimate of drug-likeness (QED) is 0.771. The van der Waals surface area contributed by atoms with Gasteiger partial charge in [0.05, 0.1) is 22.1 Å². The number of para-hydroxylation sites is 2. The van der Waals surface area contributed by atoms with Crippen LogP contribution in [0.3, 0.4) is 0 Å². The molecule has 1 N–H and O–H groups in total. The summed E-state index contributed by atoms with van der Waals surface area (Å²) in [6.45, 7) is 1.04. The lowest BCUT2D eigenvalue weighted by molar-refractivity contribution is 0.591. The first-order valence-electron chi connectivity index (χ1n) is 7.48. The monoisotopic (exact) mass is 405 g/mol. The van der Waals surface area contributed by atoms with Crippen molar-refractivity contribution in [2.45, 2.75) is 6.42 Å². The van der Waals surface area contributed by atoms with E-state index in [1.54, 1.807) is 24.3 Å². The summed E-state index contributed by atoms with van der Waals surface area (Å²) in [7, 11) is -2.01. The van der Waals surface area contributed by atoms with Crippen LogP contribution < -0.4 is 13.9 Å². The Labute approximate surface area is 158 Å². The zero-order valence-corrected chi connectivity index (χ0v) is 15.8. The molecule has 0 aliphatic carbocycles. The molecule has 0 unspecified atom stereocenters. The maximum Gasteiger partial charge on any atom is 0.331 e. The van der Waals surface area contributed by atoms with Gasteiger partial charge in [-0.05, 0) is 50.3 Å². The summed E-state index contributed by atoms with van der Waals surface area (Å²) < 4.78 is 42.0. The minimum absolute atomic E-state index is 0. The van der Waals surface area contributed by atoms with Crippen LogP contribution in [0.1, 0.15) is 6.42 Å². The molecule has 2 aromatic rings. The maximum atomic E-state index is 13.3. The van der Waals surface area contributed by atoms with Gasteiger partial charge >= 0.3 is 10.2 Å². The van der Waals surface area contributed by atoms with Crippen LogP contribution in [-0.4, -0.2) is 28.6 Å². The highest BCUT2D eigenvalue weighted by Crippen LogP contribution is 2.47. The molecule has 0 amide bonds. The standard InChI is InChI=1S/C16H17ClFN3O2S.ClH/c1-19-9-4-10-20-15-5-2-3-6-16(15)21(24(20,22)23)14-8-7-12(18)11-13(14)17;/h2-3,5-8,11,19H,4,9-10H2,1H3;1H. The van der Waals surface area contributed by atoms with Crippen LogP contribution in [0.15, 0.2) is 42.5 Å². The molecule has 0 saturated heterocycles. The van der Waals surface area contributed by atoms with E-state index in [0.717, 1.165) is 6.07 Å². The Morgan fingerprint density at radius 2 is 1.80 bits per heavy atom. The van der Waals surface area contributed by atoms with Crippen molar-refractivity contribution in [3.63, 3.8) is 0 Å². The molecule has 3 rings (SSSR count). The van der Waals surface area contributed by atoms with Crippen molar-refractivity contribution in [2.75, 3.05) is 28.7 Å². The van der Waals surface area contributed by atoms with Gasteiger partial charge in [0.2, 0.25) is 0 Å². The van der Waals surface area contributed by atoms with Gasteiger partial charge in [-0.25, -0.2) is 8.70 Å². The molecule has 0 radical (unpaired) electrons. The fraction of sp³-hybridized carbons (Fsp3) is 0.250. The molecule has 0 bridgehead atoms. The fourth-order valence-electron chi connectivity index (χ4n) is 2.73. The zero-order valence-electron chi connectivity index (χ0n) is 13.4. The average Bonchev–Trinajstić information content (AvgIpc) is 2.76. The van der Waals surface area contributed by atoms with Crippen LogP contribution >= 0.6 is 24.0 Å². The van der Waals surface area contributed by atoms with Crippen LogP contribution in [0.25, 0.3) is 0 Å².